The number of aliphatic hydroxyl groups excluding tert-OH is 1. The molecule has 1 atom stereocenters. The fourth-order valence-corrected chi connectivity index (χ4v) is 1.38. The van der Waals surface area contributed by atoms with Gasteiger partial charge in [0.2, 0.25) is 0 Å². The summed E-state index contributed by atoms with van der Waals surface area (Å²) in [6.07, 6.45) is -0.795. The molecule has 0 spiro atoms. The number of aliphatic carboxylic acids is 1. The monoisotopic (exact) mass is 276 g/mol. The smallest absolute Gasteiger partial charge is 0.377 e. The number of pyridine rings is 1. The molecule has 0 fully saturated rings. The van der Waals surface area contributed by atoms with Crippen LogP contribution >= 0.6 is 15.9 Å². The van der Waals surface area contributed by atoms with Gasteiger partial charge in [-0.3, -0.25) is 0 Å². The normalized spacial score (nSPS) is 12.1. The quantitative estimate of drug-likeness (QED) is 0.626. The molecule has 0 aliphatic carbocycles. The number of carboxylic acids is 1. The van der Waals surface area contributed by atoms with Gasteiger partial charge in [0.15, 0.2) is 6.10 Å². The van der Waals surface area contributed by atoms with Crippen molar-refractivity contribution in [3.63, 3.8) is 0 Å². The van der Waals surface area contributed by atoms with E-state index in [1.807, 2.05) is 0 Å². The van der Waals surface area contributed by atoms with Crippen LogP contribution in [-0.4, -0.2) is 26.1 Å². The van der Waals surface area contributed by atoms with E-state index in [4.69, 9.17) is 10.2 Å². The van der Waals surface area contributed by atoms with Crippen molar-refractivity contribution in [3.8, 4) is 0 Å². The molecule has 0 bridgehead atoms. The van der Waals surface area contributed by atoms with Crippen molar-refractivity contribution in [1.82, 2.24) is 4.98 Å². The van der Waals surface area contributed by atoms with Gasteiger partial charge in [-0.25, -0.2) is 4.79 Å². The zero-order valence-electron chi connectivity index (χ0n) is 7.12. The standard InChI is InChI=1S/C7H5BrN2O5/c8-4-1-3(5(11)7(12)13)2-9-6(4)10(14)15/h1-2,5,11H,(H,12,13). The van der Waals surface area contributed by atoms with Crippen molar-refractivity contribution in [1.29, 1.82) is 0 Å². The molecule has 0 aromatic carbocycles. The van der Waals surface area contributed by atoms with Crippen LogP contribution in [-0.2, 0) is 4.79 Å². The van der Waals surface area contributed by atoms with Gasteiger partial charge in [0.25, 0.3) is 0 Å². The van der Waals surface area contributed by atoms with Gasteiger partial charge < -0.3 is 20.3 Å². The van der Waals surface area contributed by atoms with Crippen molar-refractivity contribution >= 4 is 27.7 Å². The van der Waals surface area contributed by atoms with Crippen LogP contribution in [0.5, 0.6) is 0 Å². The minimum atomic E-state index is -1.74. The molecule has 0 amide bonds. The van der Waals surface area contributed by atoms with Crippen LogP contribution in [0.2, 0.25) is 0 Å². The number of aromatic nitrogens is 1. The van der Waals surface area contributed by atoms with E-state index in [0.29, 0.717) is 0 Å². The van der Waals surface area contributed by atoms with E-state index in [1.54, 1.807) is 0 Å². The van der Waals surface area contributed by atoms with Crippen molar-refractivity contribution in [2.24, 2.45) is 0 Å². The first kappa shape index (κ1) is 11.5. The highest BCUT2D eigenvalue weighted by Crippen LogP contribution is 2.25. The molecule has 1 aromatic rings. The molecular weight excluding hydrogens is 272 g/mol. The number of nitrogens with zero attached hydrogens (tertiary/aromatic N) is 2. The summed E-state index contributed by atoms with van der Waals surface area (Å²) >= 11 is 2.86. The number of hydrogen-bond donors (Lipinski definition) is 2. The first-order valence-electron chi connectivity index (χ1n) is 3.64. The molecule has 15 heavy (non-hydrogen) atoms. The predicted molar refractivity (Wildman–Crippen MR) is 51.2 cm³/mol. The van der Waals surface area contributed by atoms with Gasteiger partial charge in [-0.15, -0.1) is 0 Å². The maximum atomic E-state index is 10.4. The van der Waals surface area contributed by atoms with Crippen molar-refractivity contribution in [2.45, 2.75) is 6.10 Å². The molecule has 7 nitrogen and oxygen atoms in total. The summed E-state index contributed by atoms with van der Waals surface area (Å²) in [5.74, 6) is -1.88. The lowest BCUT2D eigenvalue weighted by Gasteiger charge is -2.03. The Morgan fingerprint density at radius 3 is 2.67 bits per heavy atom. The van der Waals surface area contributed by atoms with Gasteiger partial charge >= 0.3 is 11.8 Å². The summed E-state index contributed by atoms with van der Waals surface area (Å²) in [7, 11) is 0. The second-order valence-electron chi connectivity index (χ2n) is 2.57. The summed E-state index contributed by atoms with van der Waals surface area (Å²) in [5, 5.41) is 28.0. The highest BCUT2D eigenvalue weighted by atomic mass is 79.9. The topological polar surface area (TPSA) is 114 Å². The maximum Gasteiger partial charge on any atom is 0.377 e. The third kappa shape index (κ3) is 2.48. The fraction of sp³-hybridized carbons (Fsp3) is 0.143. The number of aliphatic hydroxyl groups is 1. The molecule has 0 saturated heterocycles. The van der Waals surface area contributed by atoms with Gasteiger partial charge in [-0.2, -0.15) is 0 Å². The highest BCUT2D eigenvalue weighted by Gasteiger charge is 2.21. The minimum absolute atomic E-state index is 0.0188. The summed E-state index contributed by atoms with van der Waals surface area (Å²) in [6.45, 7) is 0. The Labute approximate surface area is 91.7 Å². The maximum absolute atomic E-state index is 10.4. The summed E-state index contributed by atoms with van der Waals surface area (Å²) < 4.78 is 0.0188. The molecular formula is C7H5BrN2O5. The van der Waals surface area contributed by atoms with Gasteiger partial charge in [0.05, 0.1) is 0 Å². The average Bonchev–Trinajstić information content (AvgIpc) is 2.15. The molecule has 0 aliphatic rings. The average molecular weight is 277 g/mol. The lowest BCUT2D eigenvalue weighted by molar-refractivity contribution is -0.390. The second-order valence-corrected chi connectivity index (χ2v) is 3.43. The molecule has 2 N–H and O–H groups in total. The van der Waals surface area contributed by atoms with Crippen molar-refractivity contribution in [2.75, 3.05) is 0 Å². The van der Waals surface area contributed by atoms with Crippen LogP contribution in [0.4, 0.5) is 5.82 Å². The number of carbonyl (C=O) groups is 1. The fourth-order valence-electron chi connectivity index (χ4n) is 0.872. The third-order valence-corrected chi connectivity index (χ3v) is 2.15. The largest absolute Gasteiger partial charge is 0.479 e. The van der Waals surface area contributed by atoms with E-state index >= 15 is 0 Å². The lowest BCUT2D eigenvalue weighted by atomic mass is 10.2. The molecule has 0 aliphatic heterocycles. The van der Waals surface area contributed by atoms with E-state index in [0.717, 1.165) is 12.3 Å². The first-order valence-corrected chi connectivity index (χ1v) is 4.43. The summed E-state index contributed by atoms with van der Waals surface area (Å²) in [6, 6.07) is 1.14. The van der Waals surface area contributed by atoms with Crippen molar-refractivity contribution < 1.29 is 19.9 Å². The Kier molecular flexibility index (Phi) is 3.32. The number of halogens is 1. The van der Waals surface area contributed by atoms with Crippen LogP contribution < -0.4 is 0 Å². The molecule has 1 unspecified atom stereocenters. The molecule has 80 valence electrons. The molecule has 0 radical (unpaired) electrons. The Morgan fingerprint density at radius 2 is 2.27 bits per heavy atom. The Bertz CT molecular complexity index is 422. The molecule has 8 heteroatoms. The molecule has 0 saturated carbocycles. The number of hydrogen-bond acceptors (Lipinski definition) is 5. The van der Waals surface area contributed by atoms with Gasteiger partial charge in [0.1, 0.15) is 10.7 Å². The van der Waals surface area contributed by atoms with E-state index in [1.165, 1.54) is 0 Å². The minimum Gasteiger partial charge on any atom is -0.479 e. The number of rotatable bonds is 3. The summed E-state index contributed by atoms with van der Waals surface area (Å²) in [4.78, 5) is 23.5. The zero-order chi connectivity index (χ0) is 11.6. The Hall–Kier alpha value is -1.54. The van der Waals surface area contributed by atoms with Gasteiger partial charge in [-0.05, 0) is 31.9 Å². The first-order chi connectivity index (χ1) is 6.93. The predicted octanol–water partition coefficient (Wildman–Crippen LogP) is 0.870. The molecule has 1 aromatic heterocycles. The van der Waals surface area contributed by atoms with E-state index in [2.05, 4.69) is 20.9 Å². The van der Waals surface area contributed by atoms with E-state index < -0.39 is 22.8 Å². The van der Waals surface area contributed by atoms with Gasteiger partial charge in [-0.1, -0.05) is 0 Å². The second kappa shape index (κ2) is 4.32. The van der Waals surface area contributed by atoms with Crippen LogP contribution in [0.1, 0.15) is 11.7 Å². The van der Waals surface area contributed by atoms with Crippen LogP contribution in [0.25, 0.3) is 0 Å². The van der Waals surface area contributed by atoms with Crippen LogP contribution in [0, 0.1) is 10.1 Å². The Balaban J connectivity index is 3.12. The van der Waals surface area contributed by atoms with Gasteiger partial charge in [0, 0.05) is 5.56 Å². The van der Waals surface area contributed by atoms with Crippen LogP contribution in [0.3, 0.4) is 0 Å². The number of carboxylic acid groups (broad SMARTS) is 1. The SMILES string of the molecule is O=C(O)C(O)c1cnc([N+](=O)[O-])c(Br)c1. The van der Waals surface area contributed by atoms with Crippen molar-refractivity contribution in [3.05, 3.63) is 32.4 Å². The third-order valence-electron chi connectivity index (χ3n) is 1.57. The molecule has 1 heterocycles. The zero-order valence-corrected chi connectivity index (χ0v) is 8.71. The molecule has 1 rings (SSSR count). The van der Waals surface area contributed by atoms with E-state index in [-0.39, 0.29) is 10.0 Å². The van der Waals surface area contributed by atoms with E-state index in [9.17, 15) is 14.9 Å². The Morgan fingerprint density at radius 1 is 1.67 bits per heavy atom. The number of nitro groups is 1. The highest BCUT2D eigenvalue weighted by molar-refractivity contribution is 9.10. The lowest BCUT2D eigenvalue weighted by Crippen LogP contribution is -2.11. The summed E-state index contributed by atoms with van der Waals surface area (Å²) in [5.41, 5.74) is -0.0278. The van der Waals surface area contributed by atoms with Crippen LogP contribution in [0.15, 0.2) is 16.7 Å².